The summed E-state index contributed by atoms with van der Waals surface area (Å²) >= 11 is 0. The van der Waals surface area contributed by atoms with E-state index in [1.165, 1.54) is 0 Å². The van der Waals surface area contributed by atoms with Crippen LogP contribution < -0.4 is 10.5 Å². The first-order valence-corrected chi connectivity index (χ1v) is 4.74. The Morgan fingerprint density at radius 3 is 2.87 bits per heavy atom. The van der Waals surface area contributed by atoms with Crippen molar-refractivity contribution >= 4 is 5.97 Å². The maximum Gasteiger partial charge on any atom is 0.324 e. The number of nitrogens with two attached hydrogens (primary N) is 1. The summed E-state index contributed by atoms with van der Waals surface area (Å²) in [5.41, 5.74) is 6.54. The van der Waals surface area contributed by atoms with Crippen molar-refractivity contribution < 1.29 is 14.6 Å². The summed E-state index contributed by atoms with van der Waals surface area (Å²) in [4.78, 5) is 11.0. The van der Waals surface area contributed by atoms with E-state index >= 15 is 0 Å². The van der Waals surface area contributed by atoms with Crippen LogP contribution in [0.25, 0.3) is 0 Å². The summed E-state index contributed by atoms with van der Waals surface area (Å²) in [6, 6.07) is 5.58. The molecule has 0 saturated heterocycles. The van der Waals surface area contributed by atoms with Gasteiger partial charge in [0, 0.05) is 12.8 Å². The average molecular weight is 207 g/mol. The molecule has 1 aromatic rings. The number of fused-ring (bicyclic) bond motifs is 1. The van der Waals surface area contributed by atoms with Gasteiger partial charge < -0.3 is 15.6 Å². The minimum Gasteiger partial charge on any atom is -0.496 e. The molecule has 15 heavy (non-hydrogen) atoms. The number of hydrogen-bond acceptors (Lipinski definition) is 3. The molecule has 80 valence electrons. The third kappa shape index (κ3) is 1.47. The predicted octanol–water partition coefficient (Wildman–Crippen LogP) is 0.576. The number of carbonyl (C=O) groups is 1. The highest BCUT2D eigenvalue weighted by Crippen LogP contribution is 2.34. The minimum atomic E-state index is -1.17. The lowest BCUT2D eigenvalue weighted by Crippen LogP contribution is -2.48. The van der Waals surface area contributed by atoms with Gasteiger partial charge in [-0.15, -0.1) is 0 Å². The Morgan fingerprint density at radius 2 is 2.27 bits per heavy atom. The van der Waals surface area contributed by atoms with Gasteiger partial charge in [0.05, 0.1) is 7.11 Å². The molecule has 2 rings (SSSR count). The van der Waals surface area contributed by atoms with Gasteiger partial charge in [0.2, 0.25) is 0 Å². The largest absolute Gasteiger partial charge is 0.496 e. The van der Waals surface area contributed by atoms with Crippen molar-refractivity contribution in [1.29, 1.82) is 0 Å². The van der Waals surface area contributed by atoms with E-state index in [0.717, 1.165) is 16.9 Å². The van der Waals surface area contributed by atoms with Crippen molar-refractivity contribution in [3.63, 3.8) is 0 Å². The van der Waals surface area contributed by atoms with E-state index in [-0.39, 0.29) is 0 Å². The molecule has 0 bridgehead atoms. The van der Waals surface area contributed by atoms with Crippen molar-refractivity contribution in [1.82, 2.24) is 0 Å². The lowest BCUT2D eigenvalue weighted by Gasteiger charge is -2.16. The molecule has 0 radical (unpaired) electrons. The number of methoxy groups -OCH3 is 1. The Labute approximate surface area is 87.7 Å². The molecule has 1 atom stereocenters. The number of aliphatic carboxylic acids is 1. The zero-order valence-electron chi connectivity index (χ0n) is 8.49. The highest BCUT2D eigenvalue weighted by molar-refractivity contribution is 5.81. The maximum atomic E-state index is 11.0. The van der Waals surface area contributed by atoms with E-state index in [0.29, 0.717) is 12.8 Å². The van der Waals surface area contributed by atoms with E-state index < -0.39 is 11.5 Å². The van der Waals surface area contributed by atoms with Crippen molar-refractivity contribution in [3.05, 3.63) is 29.3 Å². The third-order valence-corrected chi connectivity index (χ3v) is 2.87. The molecule has 0 amide bonds. The van der Waals surface area contributed by atoms with Crippen LogP contribution in [0.1, 0.15) is 11.1 Å². The van der Waals surface area contributed by atoms with Crippen LogP contribution in [0.4, 0.5) is 0 Å². The summed E-state index contributed by atoms with van der Waals surface area (Å²) in [6.45, 7) is 0. The van der Waals surface area contributed by atoms with E-state index in [1.54, 1.807) is 7.11 Å². The average Bonchev–Trinajstić information content (AvgIpc) is 2.55. The Hall–Kier alpha value is -1.55. The zero-order valence-corrected chi connectivity index (χ0v) is 8.49. The van der Waals surface area contributed by atoms with Gasteiger partial charge in [0.15, 0.2) is 0 Å². The summed E-state index contributed by atoms with van der Waals surface area (Å²) in [5.74, 6) is -0.234. The van der Waals surface area contributed by atoms with Gasteiger partial charge in [-0.25, -0.2) is 0 Å². The van der Waals surface area contributed by atoms with Crippen LogP contribution >= 0.6 is 0 Å². The normalized spacial score (nSPS) is 23.6. The molecule has 0 heterocycles. The molecule has 3 N–H and O–H groups in total. The van der Waals surface area contributed by atoms with Crippen LogP contribution in [0.5, 0.6) is 5.75 Å². The minimum absolute atomic E-state index is 0.335. The Bertz CT molecular complexity index is 416. The molecule has 0 spiro atoms. The van der Waals surface area contributed by atoms with Crippen LogP contribution in [0.2, 0.25) is 0 Å². The molecule has 0 fully saturated rings. The number of benzene rings is 1. The highest BCUT2D eigenvalue weighted by atomic mass is 16.5. The summed E-state index contributed by atoms with van der Waals surface area (Å²) in [5, 5.41) is 9.04. The quantitative estimate of drug-likeness (QED) is 0.743. The first-order valence-electron chi connectivity index (χ1n) is 4.74. The van der Waals surface area contributed by atoms with Gasteiger partial charge in [0.1, 0.15) is 11.3 Å². The van der Waals surface area contributed by atoms with E-state index in [4.69, 9.17) is 15.6 Å². The van der Waals surface area contributed by atoms with Gasteiger partial charge >= 0.3 is 5.97 Å². The van der Waals surface area contributed by atoms with Crippen molar-refractivity contribution in [2.45, 2.75) is 18.4 Å². The lowest BCUT2D eigenvalue weighted by molar-refractivity contribution is -0.142. The first kappa shape index (κ1) is 9.98. The molecule has 4 nitrogen and oxygen atoms in total. The van der Waals surface area contributed by atoms with Gasteiger partial charge in [-0.05, 0) is 17.2 Å². The van der Waals surface area contributed by atoms with Crippen LogP contribution in [-0.4, -0.2) is 23.7 Å². The molecule has 1 aliphatic rings. The fourth-order valence-corrected chi connectivity index (χ4v) is 2.04. The second-order valence-electron chi connectivity index (χ2n) is 3.91. The second-order valence-corrected chi connectivity index (χ2v) is 3.91. The number of ether oxygens (including phenoxy) is 1. The molecule has 0 aromatic heterocycles. The number of carboxylic acids is 1. The predicted molar refractivity (Wildman–Crippen MR) is 55.0 cm³/mol. The second kappa shape index (κ2) is 3.24. The van der Waals surface area contributed by atoms with Gasteiger partial charge in [0.25, 0.3) is 0 Å². The molecule has 0 saturated carbocycles. The lowest BCUT2D eigenvalue weighted by atomic mass is 9.98. The summed E-state index contributed by atoms with van der Waals surface area (Å²) in [6.07, 6.45) is 0.705. The van der Waals surface area contributed by atoms with E-state index in [9.17, 15) is 4.79 Å². The Kier molecular flexibility index (Phi) is 2.16. The van der Waals surface area contributed by atoms with Crippen molar-refractivity contribution in [2.75, 3.05) is 7.11 Å². The molecule has 1 aliphatic carbocycles. The molecular formula is C11H13NO3. The van der Waals surface area contributed by atoms with E-state index in [2.05, 4.69) is 0 Å². The Morgan fingerprint density at radius 1 is 1.53 bits per heavy atom. The summed E-state index contributed by atoms with van der Waals surface area (Å²) < 4.78 is 5.18. The van der Waals surface area contributed by atoms with Gasteiger partial charge in [-0.3, -0.25) is 4.79 Å². The van der Waals surface area contributed by atoms with Crippen LogP contribution in [-0.2, 0) is 17.6 Å². The highest BCUT2D eigenvalue weighted by Gasteiger charge is 2.41. The summed E-state index contributed by atoms with van der Waals surface area (Å²) in [7, 11) is 1.58. The van der Waals surface area contributed by atoms with Crippen molar-refractivity contribution in [3.8, 4) is 5.75 Å². The standard InChI is InChI=1S/C11H13NO3/c1-15-9-4-2-3-7-5-11(12,10(13)14)6-8(7)9/h2-4H,5-6,12H2,1H3,(H,13,14). The van der Waals surface area contributed by atoms with Crippen LogP contribution in [0.15, 0.2) is 18.2 Å². The number of hydrogen-bond donors (Lipinski definition) is 2. The third-order valence-electron chi connectivity index (χ3n) is 2.87. The number of rotatable bonds is 2. The molecular weight excluding hydrogens is 194 g/mol. The van der Waals surface area contributed by atoms with Gasteiger partial charge in [-0.2, -0.15) is 0 Å². The smallest absolute Gasteiger partial charge is 0.324 e. The first-order chi connectivity index (χ1) is 7.07. The van der Waals surface area contributed by atoms with Gasteiger partial charge in [-0.1, -0.05) is 12.1 Å². The zero-order chi connectivity index (χ0) is 11.1. The van der Waals surface area contributed by atoms with Crippen molar-refractivity contribution in [2.24, 2.45) is 5.73 Å². The molecule has 0 aliphatic heterocycles. The topological polar surface area (TPSA) is 72.5 Å². The maximum absolute atomic E-state index is 11.0. The molecule has 1 unspecified atom stereocenters. The SMILES string of the molecule is COc1cccc2c1CC(N)(C(=O)O)C2. The fraction of sp³-hybridized carbons (Fsp3) is 0.364. The van der Waals surface area contributed by atoms with E-state index in [1.807, 2.05) is 18.2 Å². The monoisotopic (exact) mass is 207 g/mol. The number of carboxylic acid groups (broad SMARTS) is 1. The fourth-order valence-electron chi connectivity index (χ4n) is 2.04. The molecule has 4 heteroatoms. The Balaban J connectivity index is 2.42. The van der Waals surface area contributed by atoms with Crippen LogP contribution in [0.3, 0.4) is 0 Å². The molecule has 1 aromatic carbocycles. The van der Waals surface area contributed by atoms with Crippen LogP contribution in [0, 0.1) is 0 Å².